The van der Waals surface area contributed by atoms with Crippen molar-refractivity contribution in [1.82, 2.24) is 5.32 Å². The number of carbonyl (C=O) groups is 1. The van der Waals surface area contributed by atoms with Crippen molar-refractivity contribution in [3.8, 4) is 0 Å². The number of benzene rings is 1. The van der Waals surface area contributed by atoms with E-state index in [1.807, 2.05) is 25.1 Å². The van der Waals surface area contributed by atoms with Crippen LogP contribution in [-0.4, -0.2) is 5.91 Å². The van der Waals surface area contributed by atoms with Crippen LogP contribution in [0.25, 0.3) is 0 Å². The van der Waals surface area contributed by atoms with Crippen molar-refractivity contribution in [2.24, 2.45) is 0 Å². The molecule has 0 radical (unpaired) electrons. The average molecular weight is 226 g/mol. The first kappa shape index (κ1) is 7.80. The van der Waals surface area contributed by atoms with E-state index in [2.05, 4.69) is 21.2 Å². The molecule has 62 valence electrons. The van der Waals surface area contributed by atoms with Crippen molar-refractivity contribution in [1.29, 1.82) is 0 Å². The van der Waals surface area contributed by atoms with E-state index in [1.54, 1.807) is 0 Å². The Morgan fingerprint density at radius 1 is 1.50 bits per heavy atom. The molecule has 3 heteroatoms. The van der Waals surface area contributed by atoms with Gasteiger partial charge in [-0.2, -0.15) is 0 Å². The van der Waals surface area contributed by atoms with Crippen LogP contribution in [0.2, 0.25) is 0 Å². The standard InChI is InChI=1S/C9H8BrNO/c1-5-8-4-6(10)2-3-7(8)9(12)11-5/h2-5H,1H3,(H,11,12)/t5-/m1/s1. The van der Waals surface area contributed by atoms with E-state index < -0.39 is 0 Å². The van der Waals surface area contributed by atoms with Gasteiger partial charge in [0.2, 0.25) is 0 Å². The van der Waals surface area contributed by atoms with Gasteiger partial charge in [-0.1, -0.05) is 15.9 Å². The molecule has 0 spiro atoms. The SMILES string of the molecule is C[C@H]1NC(=O)c2ccc(Br)cc21. The smallest absolute Gasteiger partial charge is 0.252 e. The van der Waals surface area contributed by atoms with Crippen molar-refractivity contribution in [2.75, 3.05) is 0 Å². The van der Waals surface area contributed by atoms with Crippen LogP contribution in [0.4, 0.5) is 0 Å². The highest BCUT2D eigenvalue weighted by molar-refractivity contribution is 9.10. The Morgan fingerprint density at radius 2 is 2.25 bits per heavy atom. The molecule has 0 fully saturated rings. The number of rotatable bonds is 0. The molecule has 0 bridgehead atoms. The molecule has 2 nitrogen and oxygen atoms in total. The summed E-state index contributed by atoms with van der Waals surface area (Å²) in [5.41, 5.74) is 1.88. The maximum atomic E-state index is 11.3. The first-order valence-electron chi connectivity index (χ1n) is 3.79. The molecule has 1 aliphatic heterocycles. The van der Waals surface area contributed by atoms with Crippen molar-refractivity contribution in [2.45, 2.75) is 13.0 Å². The number of carbonyl (C=O) groups excluding carboxylic acids is 1. The van der Waals surface area contributed by atoms with Gasteiger partial charge in [0.1, 0.15) is 0 Å². The molecule has 0 saturated heterocycles. The molecular formula is C9H8BrNO. The molecule has 0 aliphatic carbocycles. The number of halogens is 1. The van der Waals surface area contributed by atoms with Crippen LogP contribution >= 0.6 is 15.9 Å². The summed E-state index contributed by atoms with van der Waals surface area (Å²) < 4.78 is 1.02. The van der Waals surface area contributed by atoms with Gasteiger partial charge in [-0.25, -0.2) is 0 Å². The third-order valence-electron chi connectivity index (χ3n) is 2.07. The second kappa shape index (κ2) is 2.59. The lowest BCUT2D eigenvalue weighted by Gasteiger charge is -2.02. The van der Waals surface area contributed by atoms with Crippen LogP contribution in [0, 0.1) is 0 Å². The van der Waals surface area contributed by atoms with E-state index in [1.165, 1.54) is 0 Å². The third-order valence-corrected chi connectivity index (χ3v) is 2.57. The van der Waals surface area contributed by atoms with Gasteiger partial charge in [-0.15, -0.1) is 0 Å². The first-order chi connectivity index (χ1) is 5.68. The highest BCUT2D eigenvalue weighted by Crippen LogP contribution is 2.27. The number of amides is 1. The average Bonchev–Trinajstić information content (AvgIpc) is 2.28. The maximum absolute atomic E-state index is 11.3. The second-order valence-electron chi connectivity index (χ2n) is 2.93. The fourth-order valence-corrected chi connectivity index (χ4v) is 1.83. The molecular weight excluding hydrogens is 218 g/mol. The number of nitrogens with one attached hydrogen (secondary N) is 1. The summed E-state index contributed by atoms with van der Waals surface area (Å²) in [6, 6.07) is 5.86. The quantitative estimate of drug-likeness (QED) is 0.722. The highest BCUT2D eigenvalue weighted by Gasteiger charge is 2.24. The largest absolute Gasteiger partial charge is 0.345 e. The summed E-state index contributed by atoms with van der Waals surface area (Å²) in [6.45, 7) is 1.98. The molecule has 1 atom stereocenters. The molecule has 2 rings (SSSR count). The molecule has 1 aliphatic rings. The van der Waals surface area contributed by atoms with Gasteiger partial charge in [-0.05, 0) is 30.7 Å². The van der Waals surface area contributed by atoms with Gasteiger partial charge in [0, 0.05) is 10.0 Å². The zero-order valence-electron chi connectivity index (χ0n) is 6.60. The Morgan fingerprint density at radius 3 is 3.00 bits per heavy atom. The van der Waals surface area contributed by atoms with Crippen molar-refractivity contribution in [3.05, 3.63) is 33.8 Å². The molecule has 0 unspecified atom stereocenters. The third kappa shape index (κ3) is 1.05. The van der Waals surface area contributed by atoms with Gasteiger partial charge in [0.05, 0.1) is 6.04 Å². The summed E-state index contributed by atoms with van der Waals surface area (Å²) in [4.78, 5) is 11.3. The summed E-state index contributed by atoms with van der Waals surface area (Å²) >= 11 is 3.37. The van der Waals surface area contributed by atoms with Crippen LogP contribution in [-0.2, 0) is 0 Å². The predicted molar refractivity (Wildman–Crippen MR) is 50.0 cm³/mol. The summed E-state index contributed by atoms with van der Waals surface area (Å²) in [5, 5.41) is 2.85. The minimum atomic E-state index is 0.0324. The Balaban J connectivity index is 2.60. The monoisotopic (exact) mass is 225 g/mol. The molecule has 12 heavy (non-hydrogen) atoms. The van der Waals surface area contributed by atoms with Gasteiger partial charge in [0.25, 0.3) is 5.91 Å². The highest BCUT2D eigenvalue weighted by atomic mass is 79.9. The van der Waals surface area contributed by atoms with E-state index in [9.17, 15) is 4.79 Å². The van der Waals surface area contributed by atoms with Crippen molar-refractivity contribution < 1.29 is 4.79 Å². The number of hydrogen-bond donors (Lipinski definition) is 1. The maximum Gasteiger partial charge on any atom is 0.252 e. The first-order valence-corrected chi connectivity index (χ1v) is 4.58. The van der Waals surface area contributed by atoms with E-state index in [4.69, 9.17) is 0 Å². The molecule has 1 amide bonds. The zero-order valence-corrected chi connectivity index (χ0v) is 8.18. The van der Waals surface area contributed by atoms with Gasteiger partial charge in [0.15, 0.2) is 0 Å². The molecule has 1 N–H and O–H groups in total. The van der Waals surface area contributed by atoms with E-state index in [0.29, 0.717) is 0 Å². The van der Waals surface area contributed by atoms with Gasteiger partial charge in [-0.3, -0.25) is 4.79 Å². The van der Waals surface area contributed by atoms with E-state index >= 15 is 0 Å². The zero-order chi connectivity index (χ0) is 8.72. The lowest BCUT2D eigenvalue weighted by molar-refractivity contribution is 0.0958. The molecule has 1 aromatic rings. The van der Waals surface area contributed by atoms with Crippen LogP contribution in [0.3, 0.4) is 0 Å². The fourth-order valence-electron chi connectivity index (χ4n) is 1.45. The Labute approximate surface area is 79.1 Å². The van der Waals surface area contributed by atoms with E-state index in [0.717, 1.165) is 15.6 Å². The molecule has 1 heterocycles. The van der Waals surface area contributed by atoms with Crippen LogP contribution < -0.4 is 5.32 Å². The van der Waals surface area contributed by atoms with Gasteiger partial charge < -0.3 is 5.32 Å². The number of fused-ring (bicyclic) bond motifs is 1. The minimum Gasteiger partial charge on any atom is -0.345 e. The lowest BCUT2D eigenvalue weighted by atomic mass is 10.1. The molecule has 1 aromatic carbocycles. The summed E-state index contributed by atoms with van der Waals surface area (Å²) in [6.07, 6.45) is 0. The van der Waals surface area contributed by atoms with E-state index in [-0.39, 0.29) is 11.9 Å². The van der Waals surface area contributed by atoms with Crippen LogP contribution in [0.5, 0.6) is 0 Å². The fraction of sp³-hybridized carbons (Fsp3) is 0.222. The summed E-state index contributed by atoms with van der Waals surface area (Å²) in [7, 11) is 0. The Kier molecular flexibility index (Phi) is 1.68. The molecule has 0 saturated carbocycles. The Hall–Kier alpha value is -0.830. The van der Waals surface area contributed by atoms with Crippen LogP contribution in [0.1, 0.15) is 28.9 Å². The topological polar surface area (TPSA) is 29.1 Å². The predicted octanol–water partition coefficient (Wildman–Crippen LogP) is 2.25. The molecule has 0 aromatic heterocycles. The lowest BCUT2D eigenvalue weighted by Crippen LogP contribution is -2.16. The summed E-state index contributed by atoms with van der Waals surface area (Å²) in [5.74, 6) is 0.0324. The second-order valence-corrected chi connectivity index (χ2v) is 3.84. The van der Waals surface area contributed by atoms with Crippen molar-refractivity contribution >= 4 is 21.8 Å². The Bertz CT molecular complexity index is 348. The van der Waals surface area contributed by atoms with Crippen molar-refractivity contribution in [3.63, 3.8) is 0 Å². The minimum absolute atomic E-state index is 0.0324. The van der Waals surface area contributed by atoms with Gasteiger partial charge >= 0.3 is 0 Å². The normalized spacial score (nSPS) is 20.5. The van der Waals surface area contributed by atoms with Crippen LogP contribution in [0.15, 0.2) is 22.7 Å². The number of hydrogen-bond acceptors (Lipinski definition) is 1.